The van der Waals surface area contributed by atoms with Crippen molar-refractivity contribution in [2.24, 2.45) is 0 Å². The zero-order chi connectivity index (χ0) is 10.8. The predicted molar refractivity (Wildman–Crippen MR) is 49.1 cm³/mol. The lowest BCUT2D eigenvalue weighted by Gasteiger charge is -2.16. The monoisotopic (exact) mass is 238 g/mol. The summed E-state index contributed by atoms with van der Waals surface area (Å²) in [7, 11) is 0. The van der Waals surface area contributed by atoms with E-state index in [1.807, 2.05) is 0 Å². The van der Waals surface area contributed by atoms with E-state index in [1.165, 1.54) is 18.2 Å². The molecule has 76 valence electrons. The molecular formula is C8H5Cl2FO3. The fraction of sp³-hybridized carbons (Fsp3) is 0.125. The number of hydrogen-bond donors (Lipinski definition) is 1. The van der Waals surface area contributed by atoms with E-state index in [0.717, 1.165) is 6.07 Å². The van der Waals surface area contributed by atoms with Crippen LogP contribution in [0.15, 0.2) is 24.3 Å². The van der Waals surface area contributed by atoms with Gasteiger partial charge in [-0.3, -0.25) is 0 Å². The van der Waals surface area contributed by atoms with Crippen molar-refractivity contribution < 1.29 is 19.0 Å². The molecule has 0 aliphatic rings. The van der Waals surface area contributed by atoms with Crippen molar-refractivity contribution in [1.82, 2.24) is 0 Å². The summed E-state index contributed by atoms with van der Waals surface area (Å²) in [4.78, 5) is 10.4. The van der Waals surface area contributed by atoms with Crippen LogP contribution in [0.1, 0.15) is 0 Å². The van der Waals surface area contributed by atoms with Gasteiger partial charge < -0.3 is 9.84 Å². The fourth-order valence-electron chi connectivity index (χ4n) is 0.722. The molecule has 14 heavy (non-hydrogen) atoms. The normalized spacial score (nSPS) is 11.1. The molecule has 0 saturated heterocycles. The minimum atomic E-state index is -2.41. The molecule has 0 aliphatic carbocycles. The van der Waals surface area contributed by atoms with Crippen LogP contribution in [-0.4, -0.2) is 15.6 Å². The summed E-state index contributed by atoms with van der Waals surface area (Å²) >= 11 is 10.6. The van der Waals surface area contributed by atoms with Crippen LogP contribution in [0.3, 0.4) is 0 Å². The molecule has 0 aromatic heterocycles. The summed E-state index contributed by atoms with van der Waals surface area (Å²) in [6.07, 6.45) is 0. The summed E-state index contributed by atoms with van der Waals surface area (Å²) in [5, 5.41) is 8.49. The van der Waals surface area contributed by atoms with Crippen LogP contribution < -0.4 is 4.74 Å². The minimum Gasteiger partial charge on any atom is -0.476 e. The molecule has 0 bridgehead atoms. The number of rotatable bonds is 3. The molecule has 0 heterocycles. The third-order valence-electron chi connectivity index (χ3n) is 1.29. The molecule has 0 unspecified atom stereocenters. The molecule has 0 radical (unpaired) electrons. The maximum atomic E-state index is 12.6. The molecule has 0 saturated carbocycles. The smallest absolute Gasteiger partial charge is 0.381 e. The Labute approximate surface area is 89.0 Å². The van der Waals surface area contributed by atoms with Crippen molar-refractivity contribution >= 4 is 29.2 Å². The van der Waals surface area contributed by atoms with Gasteiger partial charge in [0.05, 0.1) is 0 Å². The molecule has 1 N–H and O–H groups in total. The molecule has 1 rings (SSSR count). The lowest BCUT2D eigenvalue weighted by Crippen LogP contribution is -2.32. The number of halogens is 3. The van der Waals surface area contributed by atoms with Crippen LogP contribution in [-0.2, 0) is 4.79 Å². The highest BCUT2D eigenvalue weighted by Gasteiger charge is 2.36. The predicted octanol–water partition coefficient (Wildman–Crippen LogP) is 2.42. The molecule has 6 heteroatoms. The fourth-order valence-corrected chi connectivity index (χ4v) is 0.900. The molecule has 0 aliphatic heterocycles. The average Bonchev–Trinajstić information content (AvgIpc) is 2.02. The lowest BCUT2D eigenvalue weighted by molar-refractivity contribution is -0.143. The van der Waals surface area contributed by atoms with Gasteiger partial charge in [-0.05, 0) is 35.3 Å². The maximum absolute atomic E-state index is 12.6. The second kappa shape index (κ2) is 4.02. The summed E-state index contributed by atoms with van der Waals surface area (Å²) in [6, 6.07) is 4.84. The van der Waals surface area contributed by atoms with Crippen LogP contribution in [0, 0.1) is 5.82 Å². The molecular weight excluding hydrogens is 234 g/mol. The second-order valence-electron chi connectivity index (χ2n) is 2.38. The summed E-state index contributed by atoms with van der Waals surface area (Å²) in [6.45, 7) is 0. The Kier molecular flexibility index (Phi) is 3.18. The Morgan fingerprint density at radius 3 is 2.64 bits per heavy atom. The zero-order valence-electron chi connectivity index (χ0n) is 6.71. The van der Waals surface area contributed by atoms with E-state index >= 15 is 0 Å². The van der Waals surface area contributed by atoms with Crippen LogP contribution in [0.25, 0.3) is 0 Å². The van der Waals surface area contributed by atoms with Gasteiger partial charge in [-0.2, -0.15) is 0 Å². The highest BCUT2D eigenvalue weighted by atomic mass is 35.5. The average molecular weight is 239 g/mol. The first-order valence-corrected chi connectivity index (χ1v) is 4.23. The van der Waals surface area contributed by atoms with E-state index < -0.39 is 16.3 Å². The van der Waals surface area contributed by atoms with Crippen LogP contribution in [0.4, 0.5) is 4.39 Å². The molecule has 1 aromatic carbocycles. The number of carbonyl (C=O) groups is 1. The van der Waals surface area contributed by atoms with Gasteiger partial charge in [-0.1, -0.05) is 6.07 Å². The summed E-state index contributed by atoms with van der Waals surface area (Å²) in [5.41, 5.74) is 0. The molecule has 0 spiro atoms. The van der Waals surface area contributed by atoms with Gasteiger partial charge in [0.2, 0.25) is 0 Å². The minimum absolute atomic E-state index is 0.0580. The second-order valence-corrected chi connectivity index (χ2v) is 3.64. The number of ether oxygens (including phenoxy) is 1. The number of alkyl halides is 2. The Morgan fingerprint density at radius 2 is 2.14 bits per heavy atom. The molecule has 0 fully saturated rings. The number of aliphatic carboxylic acids is 1. The van der Waals surface area contributed by atoms with Crippen molar-refractivity contribution in [3.05, 3.63) is 30.1 Å². The molecule has 0 amide bonds. The first-order valence-electron chi connectivity index (χ1n) is 3.47. The SMILES string of the molecule is O=C(O)C(Cl)(Cl)Oc1cccc(F)c1. The quantitative estimate of drug-likeness (QED) is 0.824. The number of hydrogen-bond acceptors (Lipinski definition) is 2. The van der Waals surface area contributed by atoms with Crippen molar-refractivity contribution in [2.75, 3.05) is 0 Å². The van der Waals surface area contributed by atoms with Gasteiger partial charge in [-0.15, -0.1) is 0 Å². The van der Waals surface area contributed by atoms with Gasteiger partial charge in [0.15, 0.2) is 0 Å². The first kappa shape index (κ1) is 11.1. The van der Waals surface area contributed by atoms with Gasteiger partial charge in [0.1, 0.15) is 11.6 Å². The van der Waals surface area contributed by atoms with E-state index in [1.54, 1.807) is 0 Å². The largest absolute Gasteiger partial charge is 0.476 e. The Morgan fingerprint density at radius 1 is 1.50 bits per heavy atom. The van der Waals surface area contributed by atoms with Gasteiger partial charge in [0, 0.05) is 6.07 Å². The third-order valence-corrected chi connectivity index (χ3v) is 1.77. The lowest BCUT2D eigenvalue weighted by atomic mass is 10.3. The van der Waals surface area contributed by atoms with Gasteiger partial charge >= 0.3 is 10.5 Å². The van der Waals surface area contributed by atoms with Crippen molar-refractivity contribution in [1.29, 1.82) is 0 Å². The van der Waals surface area contributed by atoms with Gasteiger partial charge in [0.25, 0.3) is 0 Å². The van der Waals surface area contributed by atoms with Gasteiger partial charge in [-0.25, -0.2) is 9.18 Å². The zero-order valence-corrected chi connectivity index (χ0v) is 8.22. The highest BCUT2D eigenvalue weighted by Crippen LogP contribution is 2.26. The van der Waals surface area contributed by atoms with Crippen molar-refractivity contribution in [2.45, 2.75) is 4.52 Å². The van der Waals surface area contributed by atoms with Crippen molar-refractivity contribution in [3.8, 4) is 5.75 Å². The van der Waals surface area contributed by atoms with E-state index in [4.69, 9.17) is 28.3 Å². The Balaban J connectivity index is 2.83. The summed E-state index contributed by atoms with van der Waals surface area (Å²) in [5.74, 6) is -2.19. The molecule has 0 atom stereocenters. The Hall–Kier alpha value is -1.00. The van der Waals surface area contributed by atoms with E-state index in [0.29, 0.717) is 0 Å². The van der Waals surface area contributed by atoms with Crippen LogP contribution in [0.5, 0.6) is 5.75 Å². The Bertz CT molecular complexity index is 354. The number of benzene rings is 1. The van der Waals surface area contributed by atoms with Crippen LogP contribution >= 0.6 is 23.2 Å². The van der Waals surface area contributed by atoms with Crippen molar-refractivity contribution in [3.63, 3.8) is 0 Å². The van der Waals surface area contributed by atoms with Crippen LogP contribution in [0.2, 0.25) is 0 Å². The highest BCUT2D eigenvalue weighted by molar-refractivity contribution is 6.56. The maximum Gasteiger partial charge on any atom is 0.381 e. The molecule has 1 aromatic rings. The molecule has 3 nitrogen and oxygen atoms in total. The summed E-state index contributed by atoms with van der Waals surface area (Å²) < 4.78 is 14.9. The number of carboxylic acid groups (broad SMARTS) is 1. The number of carboxylic acids is 1. The first-order chi connectivity index (χ1) is 6.42. The van der Waals surface area contributed by atoms with E-state index in [-0.39, 0.29) is 5.75 Å². The standard InChI is InChI=1S/C8H5Cl2FO3/c9-8(10,7(12)13)14-6-3-1-2-5(11)4-6/h1-4H,(H,12,13). The topological polar surface area (TPSA) is 46.5 Å². The van der Waals surface area contributed by atoms with E-state index in [2.05, 4.69) is 4.74 Å². The van der Waals surface area contributed by atoms with E-state index in [9.17, 15) is 9.18 Å². The third kappa shape index (κ3) is 2.75.